The van der Waals surface area contributed by atoms with Crippen LogP contribution < -0.4 is 5.32 Å². The molecule has 0 saturated carbocycles. The number of rotatable bonds is 0. The van der Waals surface area contributed by atoms with Gasteiger partial charge in [-0.05, 0) is 25.3 Å². The van der Waals surface area contributed by atoms with Gasteiger partial charge < -0.3 is 10.1 Å². The lowest BCUT2D eigenvalue weighted by molar-refractivity contribution is 0.210. The van der Waals surface area contributed by atoms with Gasteiger partial charge in [0.25, 0.3) is 0 Å². The van der Waals surface area contributed by atoms with E-state index in [2.05, 4.69) is 16.4 Å². The monoisotopic (exact) mass is 178 g/mol. The Hall–Kier alpha value is -0.990. The summed E-state index contributed by atoms with van der Waals surface area (Å²) in [6.07, 6.45) is 7.84. The van der Waals surface area contributed by atoms with Crippen LogP contribution in [0.3, 0.4) is 0 Å². The molecular weight excluding hydrogens is 164 g/mol. The lowest BCUT2D eigenvalue weighted by atomic mass is 9.82. The molecule has 2 heterocycles. The van der Waals surface area contributed by atoms with Gasteiger partial charge in [-0.3, -0.25) is 4.99 Å². The van der Waals surface area contributed by atoms with Gasteiger partial charge in [0.2, 0.25) is 0 Å². The molecule has 0 spiro atoms. The third-order valence-electron chi connectivity index (χ3n) is 3.22. The molecule has 13 heavy (non-hydrogen) atoms. The van der Waals surface area contributed by atoms with Crippen molar-refractivity contribution >= 4 is 6.40 Å². The van der Waals surface area contributed by atoms with Crippen molar-refractivity contribution in [1.29, 1.82) is 0 Å². The Kier molecular flexibility index (Phi) is 1.57. The number of hydrogen-bond acceptors (Lipinski definition) is 3. The summed E-state index contributed by atoms with van der Waals surface area (Å²) >= 11 is 0. The molecule has 70 valence electrons. The number of hydrogen-bond donors (Lipinski definition) is 1. The summed E-state index contributed by atoms with van der Waals surface area (Å²) in [6, 6.07) is 0.397. The topological polar surface area (TPSA) is 33.6 Å². The van der Waals surface area contributed by atoms with Crippen LogP contribution in [-0.2, 0) is 4.74 Å². The van der Waals surface area contributed by atoms with E-state index in [1.165, 1.54) is 25.0 Å². The lowest BCUT2D eigenvalue weighted by Gasteiger charge is -2.33. The van der Waals surface area contributed by atoms with Crippen LogP contribution >= 0.6 is 0 Å². The van der Waals surface area contributed by atoms with E-state index in [1.54, 1.807) is 6.40 Å². The van der Waals surface area contributed by atoms with E-state index in [0.29, 0.717) is 12.0 Å². The molecule has 0 radical (unpaired) electrons. The maximum atomic E-state index is 5.40. The van der Waals surface area contributed by atoms with Gasteiger partial charge in [0.1, 0.15) is 6.10 Å². The Morgan fingerprint density at radius 1 is 1.54 bits per heavy atom. The van der Waals surface area contributed by atoms with E-state index in [0.717, 1.165) is 6.54 Å². The zero-order valence-corrected chi connectivity index (χ0v) is 7.57. The minimum Gasteiger partial charge on any atom is -0.474 e. The first-order valence-electron chi connectivity index (χ1n) is 5.06. The van der Waals surface area contributed by atoms with E-state index >= 15 is 0 Å². The van der Waals surface area contributed by atoms with Gasteiger partial charge in [-0.25, -0.2) is 0 Å². The van der Waals surface area contributed by atoms with Crippen molar-refractivity contribution in [3.05, 3.63) is 11.8 Å². The van der Waals surface area contributed by atoms with Crippen LogP contribution in [-0.4, -0.2) is 25.1 Å². The van der Waals surface area contributed by atoms with Gasteiger partial charge in [-0.2, -0.15) is 0 Å². The van der Waals surface area contributed by atoms with Gasteiger partial charge in [0.05, 0.1) is 6.04 Å². The highest BCUT2D eigenvalue weighted by atomic mass is 16.5. The fourth-order valence-electron chi connectivity index (χ4n) is 2.49. The second-order valence-corrected chi connectivity index (χ2v) is 4.05. The van der Waals surface area contributed by atoms with Crippen LogP contribution in [0.15, 0.2) is 16.8 Å². The number of nitrogens with one attached hydrogen (secondary N) is 1. The van der Waals surface area contributed by atoms with E-state index in [-0.39, 0.29) is 6.10 Å². The summed E-state index contributed by atoms with van der Waals surface area (Å²) in [4.78, 5) is 4.33. The zero-order chi connectivity index (χ0) is 8.67. The fraction of sp³-hybridized carbons (Fsp3) is 0.700. The first-order chi connectivity index (χ1) is 6.43. The van der Waals surface area contributed by atoms with E-state index < -0.39 is 0 Å². The van der Waals surface area contributed by atoms with Crippen LogP contribution in [0.2, 0.25) is 0 Å². The highest BCUT2D eigenvalue weighted by Crippen LogP contribution is 2.33. The largest absolute Gasteiger partial charge is 0.474 e. The number of ether oxygens (including phenoxy) is 1. The van der Waals surface area contributed by atoms with Gasteiger partial charge in [-0.1, -0.05) is 0 Å². The predicted molar refractivity (Wildman–Crippen MR) is 50.6 cm³/mol. The Morgan fingerprint density at radius 3 is 3.54 bits per heavy atom. The fourth-order valence-corrected chi connectivity index (χ4v) is 2.49. The smallest absolute Gasteiger partial charge is 0.170 e. The quantitative estimate of drug-likeness (QED) is 0.602. The maximum absolute atomic E-state index is 5.40. The molecule has 0 bridgehead atoms. The van der Waals surface area contributed by atoms with Gasteiger partial charge >= 0.3 is 0 Å². The first kappa shape index (κ1) is 7.42. The number of allylic oxidation sites excluding steroid dienone is 1. The number of piperidine rings is 1. The summed E-state index contributed by atoms with van der Waals surface area (Å²) in [5.41, 5.74) is 1.40. The normalized spacial score (nSPS) is 41.2. The molecule has 0 aromatic heterocycles. The summed E-state index contributed by atoms with van der Waals surface area (Å²) in [5, 5.41) is 3.46. The molecule has 1 saturated heterocycles. The molecule has 0 aromatic rings. The molecule has 0 amide bonds. The van der Waals surface area contributed by atoms with Crippen LogP contribution in [0.25, 0.3) is 0 Å². The molecule has 2 aliphatic heterocycles. The highest BCUT2D eigenvalue weighted by Gasteiger charge is 2.35. The van der Waals surface area contributed by atoms with Crippen LogP contribution in [0.5, 0.6) is 0 Å². The van der Waals surface area contributed by atoms with E-state index in [4.69, 9.17) is 4.74 Å². The minimum absolute atomic E-state index is 0.219. The summed E-state index contributed by atoms with van der Waals surface area (Å²) < 4.78 is 5.40. The van der Waals surface area contributed by atoms with Crippen LogP contribution in [0.4, 0.5) is 0 Å². The zero-order valence-electron chi connectivity index (χ0n) is 7.57. The molecule has 1 aliphatic carbocycles. The third kappa shape index (κ3) is 1.14. The summed E-state index contributed by atoms with van der Waals surface area (Å²) in [5.74, 6) is 0.717. The van der Waals surface area contributed by atoms with Crippen molar-refractivity contribution in [2.75, 3.05) is 6.54 Å². The average Bonchev–Trinajstić information content (AvgIpc) is 2.61. The van der Waals surface area contributed by atoms with Crippen molar-refractivity contribution in [2.24, 2.45) is 10.9 Å². The Morgan fingerprint density at radius 2 is 2.54 bits per heavy atom. The SMILES string of the molecule is C1=N[C@H]2CC3CCCNC3=C[C@@H]2O1. The second-order valence-electron chi connectivity index (χ2n) is 4.05. The Labute approximate surface area is 77.9 Å². The van der Waals surface area contributed by atoms with Gasteiger partial charge in [-0.15, -0.1) is 0 Å². The third-order valence-corrected chi connectivity index (χ3v) is 3.22. The van der Waals surface area contributed by atoms with Crippen LogP contribution in [0, 0.1) is 5.92 Å². The van der Waals surface area contributed by atoms with Crippen molar-refractivity contribution in [3.63, 3.8) is 0 Å². The number of fused-ring (bicyclic) bond motifs is 2. The summed E-state index contributed by atoms with van der Waals surface area (Å²) in [7, 11) is 0. The molecule has 1 unspecified atom stereocenters. The molecule has 3 nitrogen and oxygen atoms in total. The number of aliphatic imine (C=N–C) groups is 1. The van der Waals surface area contributed by atoms with Crippen molar-refractivity contribution in [3.8, 4) is 0 Å². The summed E-state index contributed by atoms with van der Waals surface area (Å²) in [6.45, 7) is 1.13. The van der Waals surface area contributed by atoms with Crippen molar-refractivity contribution in [2.45, 2.75) is 31.4 Å². The molecular formula is C10H14N2O. The lowest BCUT2D eigenvalue weighted by Crippen LogP contribution is -2.37. The molecule has 0 aromatic carbocycles. The van der Waals surface area contributed by atoms with Gasteiger partial charge in [0, 0.05) is 18.2 Å². The molecule has 1 fully saturated rings. The molecule has 3 rings (SSSR count). The van der Waals surface area contributed by atoms with Gasteiger partial charge in [0.15, 0.2) is 6.40 Å². The minimum atomic E-state index is 0.219. The molecule has 3 aliphatic rings. The Balaban J connectivity index is 1.86. The maximum Gasteiger partial charge on any atom is 0.170 e. The molecule has 3 atom stereocenters. The Bertz CT molecular complexity index is 272. The van der Waals surface area contributed by atoms with E-state index in [1.807, 2.05) is 0 Å². The second kappa shape index (κ2) is 2.76. The van der Waals surface area contributed by atoms with E-state index in [9.17, 15) is 0 Å². The van der Waals surface area contributed by atoms with Crippen molar-refractivity contribution in [1.82, 2.24) is 5.32 Å². The highest BCUT2D eigenvalue weighted by molar-refractivity contribution is 5.51. The van der Waals surface area contributed by atoms with Crippen molar-refractivity contribution < 1.29 is 4.74 Å². The number of nitrogens with zero attached hydrogens (tertiary/aromatic N) is 1. The standard InChI is InChI=1S/C10H14N2O/c1-2-7-4-9-10(13-6-12-9)5-8(7)11-3-1/h5-7,9-11H,1-4H2/t7?,9-,10-/m0/s1. The first-order valence-corrected chi connectivity index (χ1v) is 5.06. The van der Waals surface area contributed by atoms with Crippen LogP contribution in [0.1, 0.15) is 19.3 Å². The molecule has 3 heteroatoms. The molecule has 1 N–H and O–H groups in total. The average molecular weight is 178 g/mol. The predicted octanol–water partition coefficient (Wildman–Crippen LogP) is 1.07.